The number of rotatable bonds is 5. The van der Waals surface area contributed by atoms with Gasteiger partial charge in [-0.15, -0.1) is 0 Å². The first-order chi connectivity index (χ1) is 21.5. The largest absolute Gasteiger partial charge is 0.490 e. The molecule has 3 atom stereocenters. The van der Waals surface area contributed by atoms with Gasteiger partial charge in [-0.2, -0.15) is 31.3 Å². The predicted octanol–water partition coefficient (Wildman–Crippen LogP) is 3.48. The van der Waals surface area contributed by atoms with Gasteiger partial charge in [0.05, 0.1) is 29.9 Å². The number of nitrogens with two attached hydrogens (primary N) is 2. The zero-order valence-electron chi connectivity index (χ0n) is 25.2. The lowest BCUT2D eigenvalue weighted by atomic mass is 9.90. The molecule has 1 aromatic carbocycles. The van der Waals surface area contributed by atoms with E-state index in [9.17, 15) is 35.9 Å². The fraction of sp³-hybridized carbons (Fsp3) is 0.519. The normalized spacial score (nSPS) is 20.4. The summed E-state index contributed by atoms with van der Waals surface area (Å²) in [6.45, 7) is 5.46. The smallest absolute Gasteiger partial charge is 0.475 e. The third kappa shape index (κ3) is 11.4. The molecule has 1 aromatic heterocycles. The van der Waals surface area contributed by atoms with E-state index in [0.29, 0.717) is 11.3 Å². The summed E-state index contributed by atoms with van der Waals surface area (Å²) in [6.07, 6.45) is -6.24. The summed E-state index contributed by atoms with van der Waals surface area (Å²) in [5, 5.41) is 21.4. The summed E-state index contributed by atoms with van der Waals surface area (Å²) in [6, 6.07) is 5.81. The third-order valence-corrected chi connectivity index (χ3v) is 6.84. The van der Waals surface area contributed by atoms with Gasteiger partial charge in [0.2, 0.25) is 11.9 Å². The number of guanidine groups is 1. The van der Waals surface area contributed by atoms with Crippen LogP contribution in [0.4, 0.5) is 38.1 Å². The van der Waals surface area contributed by atoms with Crippen LogP contribution in [0.5, 0.6) is 0 Å². The molecular weight excluding hydrogens is 648 g/mol. The molecule has 2 aromatic rings. The van der Waals surface area contributed by atoms with Gasteiger partial charge in [-0.3, -0.25) is 14.9 Å². The number of ether oxygens (including phenoxy) is 1. The highest BCUT2D eigenvalue weighted by Gasteiger charge is 2.46. The highest BCUT2D eigenvalue weighted by molar-refractivity contribution is 5.97. The van der Waals surface area contributed by atoms with Crippen molar-refractivity contribution in [2.24, 2.45) is 22.4 Å². The Kier molecular flexibility index (Phi) is 12.3. The van der Waals surface area contributed by atoms with E-state index in [1.807, 2.05) is 25.1 Å². The molecule has 4 rings (SSSR count). The second-order valence-corrected chi connectivity index (χ2v) is 11.0. The maximum Gasteiger partial charge on any atom is 0.490 e. The van der Waals surface area contributed by atoms with E-state index >= 15 is 0 Å². The minimum atomic E-state index is -5.08. The second-order valence-electron chi connectivity index (χ2n) is 11.0. The number of esters is 1. The molecule has 47 heavy (non-hydrogen) atoms. The van der Waals surface area contributed by atoms with Crippen LogP contribution in [0.3, 0.4) is 0 Å². The number of aryl methyl sites for hydroxylation is 1. The average Bonchev–Trinajstić information content (AvgIpc) is 3.21. The number of carbonyl (C=O) groups excluding carboxylic acids is 2. The van der Waals surface area contributed by atoms with Gasteiger partial charge in [0, 0.05) is 5.39 Å². The van der Waals surface area contributed by atoms with E-state index in [2.05, 4.69) is 25.6 Å². The topological polar surface area (TPSA) is 232 Å². The van der Waals surface area contributed by atoms with Crippen molar-refractivity contribution in [3.8, 4) is 0 Å². The number of benzene rings is 1. The zero-order chi connectivity index (χ0) is 35.9. The predicted molar refractivity (Wildman–Crippen MR) is 154 cm³/mol. The Hall–Kier alpha value is -4.91. The lowest BCUT2D eigenvalue weighted by molar-refractivity contribution is -0.193. The number of carbonyl (C=O) groups is 4. The molecule has 1 aliphatic heterocycles. The summed E-state index contributed by atoms with van der Waals surface area (Å²) >= 11 is 0. The number of cyclic esters (lactones) is 1. The lowest BCUT2D eigenvalue weighted by Crippen LogP contribution is -2.39. The number of aliphatic imine (C=N–C) groups is 1. The number of carboxylic acid groups (broad SMARTS) is 2. The van der Waals surface area contributed by atoms with Crippen molar-refractivity contribution in [3.63, 3.8) is 0 Å². The number of fused-ring (bicyclic) bond motifs is 1. The first kappa shape index (κ1) is 38.3. The Bertz CT molecular complexity index is 1490. The Morgan fingerprint density at radius 3 is 2.04 bits per heavy atom. The van der Waals surface area contributed by atoms with Gasteiger partial charge in [-0.1, -0.05) is 24.5 Å². The Labute approximate surface area is 263 Å². The number of alkyl halides is 6. The zero-order valence-corrected chi connectivity index (χ0v) is 25.2. The van der Waals surface area contributed by atoms with Gasteiger partial charge in [-0.25, -0.2) is 19.6 Å². The number of anilines is 2. The standard InChI is InChI=1S/C23H31N7O3.2C2HF3O2/c1-12-8-9-15-13(10-12)19(26-16-6-4-5-7-17(16)27-21(24)25)29-22(28-15)30-20(32)14-11-18(31)33-23(14,2)3;2*3-2(4,5)1(6)7/h8-10,14,16-17H,4-7,11H2,1-3H3,(H4,24,25,27)(H2,26,28,29,30,32);2*(H,6,7). The molecule has 1 saturated heterocycles. The van der Waals surface area contributed by atoms with Crippen molar-refractivity contribution in [1.82, 2.24) is 9.97 Å². The molecule has 0 spiro atoms. The van der Waals surface area contributed by atoms with E-state index in [-0.39, 0.29) is 42.3 Å². The van der Waals surface area contributed by atoms with Crippen LogP contribution < -0.4 is 22.1 Å². The van der Waals surface area contributed by atoms with Gasteiger partial charge in [0.15, 0.2) is 5.96 Å². The van der Waals surface area contributed by atoms with Gasteiger partial charge >= 0.3 is 30.3 Å². The second kappa shape index (κ2) is 15.1. The minimum absolute atomic E-state index is 0.00259. The van der Waals surface area contributed by atoms with E-state index in [1.165, 1.54) is 0 Å². The van der Waals surface area contributed by atoms with Crippen LogP contribution in [0.1, 0.15) is 51.5 Å². The number of nitrogens with one attached hydrogen (secondary N) is 2. The molecule has 1 amide bonds. The molecule has 260 valence electrons. The summed E-state index contributed by atoms with van der Waals surface area (Å²) in [5.74, 6) is -6.02. The highest BCUT2D eigenvalue weighted by Crippen LogP contribution is 2.34. The van der Waals surface area contributed by atoms with Crippen molar-refractivity contribution in [2.75, 3.05) is 10.6 Å². The minimum Gasteiger partial charge on any atom is -0.475 e. The molecular formula is C27H33F6N7O7. The molecule has 0 radical (unpaired) electrons. The molecule has 3 unspecified atom stereocenters. The number of hydrogen-bond acceptors (Lipinski definition) is 9. The third-order valence-electron chi connectivity index (χ3n) is 6.84. The van der Waals surface area contributed by atoms with Crippen molar-refractivity contribution < 1.29 is 60.5 Å². The van der Waals surface area contributed by atoms with Crippen molar-refractivity contribution in [1.29, 1.82) is 0 Å². The van der Waals surface area contributed by atoms with Crippen molar-refractivity contribution in [2.45, 2.75) is 82.9 Å². The number of amides is 1. The van der Waals surface area contributed by atoms with Crippen LogP contribution in [0.15, 0.2) is 23.2 Å². The first-order valence-corrected chi connectivity index (χ1v) is 13.8. The van der Waals surface area contributed by atoms with E-state index in [4.69, 9.17) is 36.0 Å². The molecule has 20 heteroatoms. The van der Waals surface area contributed by atoms with Gasteiger partial charge in [-0.05, 0) is 45.7 Å². The number of aliphatic carboxylic acids is 2. The Morgan fingerprint density at radius 1 is 1.00 bits per heavy atom. The fourth-order valence-corrected chi connectivity index (χ4v) is 4.63. The molecule has 8 N–H and O–H groups in total. The quantitative estimate of drug-likeness (QED) is 0.115. The summed E-state index contributed by atoms with van der Waals surface area (Å²) in [4.78, 5) is 56.1. The maximum atomic E-state index is 13.0. The van der Waals surface area contributed by atoms with Gasteiger partial charge in [0.1, 0.15) is 11.4 Å². The molecule has 2 heterocycles. The van der Waals surface area contributed by atoms with Crippen LogP contribution >= 0.6 is 0 Å². The molecule has 14 nitrogen and oxygen atoms in total. The highest BCUT2D eigenvalue weighted by atomic mass is 19.4. The monoisotopic (exact) mass is 681 g/mol. The van der Waals surface area contributed by atoms with Crippen LogP contribution in [0, 0.1) is 12.8 Å². The van der Waals surface area contributed by atoms with Crippen LogP contribution in [-0.4, -0.2) is 80.0 Å². The summed E-state index contributed by atoms with van der Waals surface area (Å²) < 4.78 is 68.8. The summed E-state index contributed by atoms with van der Waals surface area (Å²) in [7, 11) is 0. The van der Waals surface area contributed by atoms with Crippen LogP contribution in [0.2, 0.25) is 0 Å². The van der Waals surface area contributed by atoms with Gasteiger partial charge in [0.25, 0.3) is 0 Å². The maximum absolute atomic E-state index is 13.0. The SMILES string of the molecule is Cc1ccc2nc(NC(=O)C3CC(=O)OC3(C)C)nc(NC3CCCCC3N=C(N)N)c2c1.O=C(O)C(F)(F)F.O=C(O)C(F)(F)F. The van der Waals surface area contributed by atoms with E-state index in [0.717, 1.165) is 36.6 Å². The number of halogens is 6. The molecule has 2 aliphatic rings. The van der Waals surface area contributed by atoms with Crippen LogP contribution in [-0.2, 0) is 23.9 Å². The number of nitrogens with zero attached hydrogens (tertiary/aromatic N) is 3. The number of hydrogen-bond donors (Lipinski definition) is 6. The Morgan fingerprint density at radius 2 is 1.55 bits per heavy atom. The molecule has 2 fully saturated rings. The average molecular weight is 682 g/mol. The molecule has 1 aliphatic carbocycles. The molecule has 0 bridgehead atoms. The lowest BCUT2D eigenvalue weighted by Gasteiger charge is -2.30. The van der Waals surface area contributed by atoms with E-state index < -0.39 is 35.8 Å². The van der Waals surface area contributed by atoms with Crippen LogP contribution in [0.25, 0.3) is 10.9 Å². The molecule has 1 saturated carbocycles. The Balaban J connectivity index is 0.000000459. The number of aromatic nitrogens is 2. The summed E-state index contributed by atoms with van der Waals surface area (Å²) in [5.41, 5.74) is 12.2. The number of carboxylic acids is 2. The van der Waals surface area contributed by atoms with Gasteiger partial charge < -0.3 is 31.7 Å². The van der Waals surface area contributed by atoms with Crippen molar-refractivity contribution >= 4 is 52.4 Å². The van der Waals surface area contributed by atoms with Crippen molar-refractivity contribution in [3.05, 3.63) is 23.8 Å². The fourth-order valence-electron chi connectivity index (χ4n) is 4.63. The first-order valence-electron chi connectivity index (χ1n) is 13.8. The van der Waals surface area contributed by atoms with E-state index in [1.54, 1.807) is 13.8 Å².